The predicted molar refractivity (Wildman–Crippen MR) is 89.4 cm³/mol. The molecule has 0 fully saturated rings. The van der Waals surface area contributed by atoms with E-state index in [1.807, 2.05) is 34.9 Å². The lowest BCUT2D eigenvalue weighted by Crippen LogP contribution is -1.88. The molecule has 2 N–H and O–H groups in total. The molecule has 0 bridgehead atoms. The number of phenols is 2. The number of nitrogens with zero attached hydrogens (tertiary/aromatic N) is 2. The zero-order chi connectivity index (χ0) is 16.7. The summed E-state index contributed by atoms with van der Waals surface area (Å²) in [6.45, 7) is 0. The van der Waals surface area contributed by atoms with Crippen molar-refractivity contribution in [2.75, 3.05) is 0 Å². The van der Waals surface area contributed by atoms with Gasteiger partial charge < -0.3 is 10.2 Å². The van der Waals surface area contributed by atoms with Gasteiger partial charge in [0.15, 0.2) is 0 Å². The van der Waals surface area contributed by atoms with Crippen LogP contribution in [0.15, 0.2) is 66.9 Å². The number of rotatable bonds is 2. The zero-order valence-corrected chi connectivity index (χ0v) is 12.5. The van der Waals surface area contributed by atoms with Crippen molar-refractivity contribution in [2.45, 2.75) is 0 Å². The van der Waals surface area contributed by atoms with E-state index in [0.29, 0.717) is 22.6 Å². The second kappa shape index (κ2) is 5.38. The molecule has 0 atom stereocenters. The van der Waals surface area contributed by atoms with Crippen molar-refractivity contribution in [1.29, 1.82) is 0 Å². The highest BCUT2D eigenvalue weighted by Crippen LogP contribution is 2.36. The third-order valence-electron chi connectivity index (χ3n) is 3.91. The van der Waals surface area contributed by atoms with E-state index in [1.54, 1.807) is 18.2 Å². The zero-order valence-electron chi connectivity index (χ0n) is 12.5. The normalized spacial score (nSPS) is 11.0. The van der Waals surface area contributed by atoms with Crippen LogP contribution in [0.25, 0.3) is 28.2 Å². The van der Waals surface area contributed by atoms with E-state index in [1.165, 1.54) is 12.1 Å². The maximum Gasteiger partial charge on any atom is 0.149 e. The van der Waals surface area contributed by atoms with Crippen LogP contribution in [0.2, 0.25) is 0 Å². The lowest BCUT2D eigenvalue weighted by molar-refractivity contribution is 0.471. The third kappa shape index (κ3) is 2.18. The number of aromatic hydroxyl groups is 2. The molecule has 0 radical (unpaired) electrons. The van der Waals surface area contributed by atoms with Crippen LogP contribution in [0.5, 0.6) is 11.5 Å². The average Bonchev–Trinajstić information content (AvgIpc) is 2.95. The quantitative estimate of drug-likeness (QED) is 0.581. The fourth-order valence-electron chi connectivity index (χ4n) is 2.79. The van der Waals surface area contributed by atoms with Crippen LogP contribution in [0.1, 0.15) is 0 Å². The highest BCUT2D eigenvalue weighted by atomic mass is 19.1. The predicted octanol–water partition coefficient (Wildman–Crippen LogP) is 4.22. The third-order valence-corrected chi connectivity index (χ3v) is 3.91. The lowest BCUT2D eigenvalue weighted by atomic mass is 10.1. The molecule has 0 saturated carbocycles. The summed E-state index contributed by atoms with van der Waals surface area (Å²) in [4.78, 5) is 4.60. The number of hydrogen-bond donors (Lipinski definition) is 2. The largest absolute Gasteiger partial charge is 0.507 e. The fraction of sp³-hybridized carbons (Fsp3) is 0. The fourth-order valence-corrected chi connectivity index (χ4v) is 2.79. The number of para-hydroxylation sites is 1. The molecule has 0 unspecified atom stereocenters. The van der Waals surface area contributed by atoms with Crippen molar-refractivity contribution in [3.8, 4) is 34.1 Å². The van der Waals surface area contributed by atoms with Crippen LogP contribution in [0.3, 0.4) is 0 Å². The van der Waals surface area contributed by atoms with E-state index in [9.17, 15) is 14.6 Å². The molecule has 0 saturated heterocycles. The van der Waals surface area contributed by atoms with Gasteiger partial charge in [-0.2, -0.15) is 0 Å². The van der Waals surface area contributed by atoms with Crippen molar-refractivity contribution in [1.82, 2.24) is 9.38 Å². The first-order chi connectivity index (χ1) is 11.6. The van der Waals surface area contributed by atoms with Crippen molar-refractivity contribution < 1.29 is 14.6 Å². The number of halogens is 1. The maximum absolute atomic E-state index is 13.3. The Morgan fingerprint density at radius 2 is 1.62 bits per heavy atom. The molecule has 0 aliphatic heterocycles. The molecule has 24 heavy (non-hydrogen) atoms. The van der Waals surface area contributed by atoms with Gasteiger partial charge in [0.2, 0.25) is 0 Å². The molecule has 5 heteroatoms. The maximum atomic E-state index is 13.3. The molecular formula is C19H13FN2O2. The molecule has 0 aliphatic rings. The first kappa shape index (κ1) is 14.3. The topological polar surface area (TPSA) is 57.8 Å². The SMILES string of the molecule is Oc1cc(F)ccc1-c1nc(-c2ccccc2O)n2ccccc12. The molecular weight excluding hydrogens is 307 g/mol. The van der Waals surface area contributed by atoms with Gasteiger partial charge in [-0.1, -0.05) is 18.2 Å². The smallest absolute Gasteiger partial charge is 0.149 e. The van der Waals surface area contributed by atoms with Crippen LogP contribution in [-0.4, -0.2) is 19.6 Å². The van der Waals surface area contributed by atoms with Crippen molar-refractivity contribution in [3.63, 3.8) is 0 Å². The number of pyridine rings is 1. The number of aromatic nitrogens is 2. The van der Waals surface area contributed by atoms with Gasteiger partial charge in [0, 0.05) is 17.8 Å². The van der Waals surface area contributed by atoms with Gasteiger partial charge in [-0.15, -0.1) is 0 Å². The van der Waals surface area contributed by atoms with Gasteiger partial charge in [-0.05, 0) is 36.4 Å². The highest BCUT2D eigenvalue weighted by molar-refractivity contribution is 5.84. The molecule has 4 nitrogen and oxygen atoms in total. The first-order valence-electron chi connectivity index (χ1n) is 7.39. The molecule has 0 spiro atoms. The van der Waals surface area contributed by atoms with E-state index in [-0.39, 0.29) is 11.5 Å². The number of hydrogen-bond acceptors (Lipinski definition) is 3. The summed E-state index contributed by atoms with van der Waals surface area (Å²) in [5, 5.41) is 20.2. The second-order valence-corrected chi connectivity index (χ2v) is 5.42. The average molecular weight is 320 g/mol. The van der Waals surface area contributed by atoms with Crippen LogP contribution in [0.4, 0.5) is 4.39 Å². The van der Waals surface area contributed by atoms with Gasteiger partial charge >= 0.3 is 0 Å². The molecule has 4 rings (SSSR count). The van der Waals surface area contributed by atoms with Gasteiger partial charge in [0.1, 0.15) is 28.8 Å². The van der Waals surface area contributed by atoms with Crippen LogP contribution in [0, 0.1) is 5.82 Å². The van der Waals surface area contributed by atoms with Gasteiger partial charge in [0.05, 0.1) is 11.1 Å². The minimum Gasteiger partial charge on any atom is -0.507 e. The van der Waals surface area contributed by atoms with Crippen LogP contribution >= 0.6 is 0 Å². The lowest BCUT2D eigenvalue weighted by Gasteiger charge is -2.03. The Bertz CT molecular complexity index is 1060. The Balaban J connectivity index is 2.03. The minimum atomic E-state index is -0.513. The van der Waals surface area contributed by atoms with Crippen molar-refractivity contribution in [2.24, 2.45) is 0 Å². The summed E-state index contributed by atoms with van der Waals surface area (Å²) in [7, 11) is 0. The van der Waals surface area contributed by atoms with E-state index >= 15 is 0 Å². The molecule has 118 valence electrons. The van der Waals surface area contributed by atoms with Gasteiger partial charge in [-0.3, -0.25) is 4.40 Å². The first-order valence-corrected chi connectivity index (χ1v) is 7.39. The summed E-state index contributed by atoms with van der Waals surface area (Å²) in [6, 6.07) is 16.3. The molecule has 4 aromatic rings. The standard InChI is InChI=1S/C19H13FN2O2/c20-12-8-9-13(17(24)11-12)18-15-6-3-4-10-22(15)19(21-18)14-5-1-2-7-16(14)23/h1-11,23-24H. The number of fused-ring (bicyclic) bond motifs is 1. The Morgan fingerprint density at radius 3 is 2.42 bits per heavy atom. The molecule has 0 amide bonds. The monoisotopic (exact) mass is 320 g/mol. The number of phenolic OH excluding ortho intramolecular Hbond substituents is 2. The Morgan fingerprint density at radius 1 is 0.833 bits per heavy atom. The summed E-state index contributed by atoms with van der Waals surface area (Å²) >= 11 is 0. The van der Waals surface area contributed by atoms with Gasteiger partial charge in [0.25, 0.3) is 0 Å². The molecule has 2 aromatic heterocycles. The van der Waals surface area contributed by atoms with Crippen molar-refractivity contribution in [3.05, 3.63) is 72.7 Å². The molecule has 0 aliphatic carbocycles. The molecule has 2 aromatic carbocycles. The van der Waals surface area contributed by atoms with E-state index in [2.05, 4.69) is 4.98 Å². The molecule has 2 heterocycles. The summed E-state index contributed by atoms with van der Waals surface area (Å²) in [5.41, 5.74) is 2.28. The van der Waals surface area contributed by atoms with E-state index < -0.39 is 5.82 Å². The Kier molecular flexibility index (Phi) is 3.20. The van der Waals surface area contributed by atoms with Crippen molar-refractivity contribution >= 4 is 5.52 Å². The van der Waals surface area contributed by atoms with Crippen LogP contribution < -0.4 is 0 Å². The highest BCUT2D eigenvalue weighted by Gasteiger charge is 2.18. The summed E-state index contributed by atoms with van der Waals surface area (Å²) < 4.78 is 15.1. The Labute approximate surface area is 137 Å². The summed E-state index contributed by atoms with van der Waals surface area (Å²) in [6.07, 6.45) is 1.83. The second-order valence-electron chi connectivity index (χ2n) is 5.42. The van der Waals surface area contributed by atoms with E-state index in [4.69, 9.17) is 0 Å². The number of benzene rings is 2. The minimum absolute atomic E-state index is 0.114. The summed E-state index contributed by atoms with van der Waals surface area (Å²) in [5.74, 6) is -0.0334. The van der Waals surface area contributed by atoms with E-state index in [0.717, 1.165) is 11.6 Å². The Hall–Kier alpha value is -3.34. The number of imidazole rings is 1. The van der Waals surface area contributed by atoms with Gasteiger partial charge in [-0.25, -0.2) is 9.37 Å². The van der Waals surface area contributed by atoms with Crippen LogP contribution in [-0.2, 0) is 0 Å².